The minimum absolute atomic E-state index is 0.449. The maximum Gasteiger partial charge on any atom is 0.221 e. The lowest BCUT2D eigenvalue weighted by atomic mass is 10.1. The van der Waals surface area contributed by atoms with Gasteiger partial charge in [0.2, 0.25) is 5.89 Å². The first-order chi connectivity index (χ1) is 8.81. The monoisotopic (exact) mass is 246 g/mol. The maximum absolute atomic E-state index is 5.70. The van der Waals surface area contributed by atoms with Crippen LogP contribution in [0.25, 0.3) is 11.1 Å². The fraction of sp³-hybridized carbons (Fsp3) is 0.500. The molecule has 3 rings (SSSR count). The smallest absolute Gasteiger partial charge is 0.221 e. The lowest BCUT2D eigenvalue weighted by Gasteiger charge is -2.07. The van der Waals surface area contributed by atoms with E-state index in [0.29, 0.717) is 18.2 Å². The first-order valence-corrected chi connectivity index (χ1v) is 6.54. The molecule has 0 aliphatic heterocycles. The van der Waals surface area contributed by atoms with Gasteiger partial charge in [-0.1, -0.05) is 12.8 Å². The van der Waals surface area contributed by atoms with Crippen molar-refractivity contribution in [2.75, 3.05) is 12.3 Å². The van der Waals surface area contributed by atoms with Crippen LogP contribution in [0.5, 0.6) is 0 Å². The summed E-state index contributed by atoms with van der Waals surface area (Å²) in [6.45, 7) is 1.27. The third kappa shape index (κ3) is 2.48. The van der Waals surface area contributed by atoms with Gasteiger partial charge in [-0.15, -0.1) is 0 Å². The van der Waals surface area contributed by atoms with Crippen LogP contribution in [0.2, 0.25) is 0 Å². The predicted octanol–water partition coefficient (Wildman–Crippen LogP) is 3.12. The molecule has 0 spiro atoms. The van der Waals surface area contributed by atoms with Crippen LogP contribution in [0.3, 0.4) is 0 Å². The van der Waals surface area contributed by atoms with Gasteiger partial charge in [-0.25, -0.2) is 4.98 Å². The summed E-state index contributed by atoms with van der Waals surface area (Å²) in [4.78, 5) is 4.37. The molecule has 0 amide bonds. The van der Waals surface area contributed by atoms with Crippen molar-refractivity contribution >= 4 is 16.8 Å². The summed E-state index contributed by atoms with van der Waals surface area (Å²) < 4.78 is 11.3. The number of oxazole rings is 1. The highest BCUT2D eigenvalue weighted by Gasteiger charge is 2.15. The van der Waals surface area contributed by atoms with Gasteiger partial charge >= 0.3 is 0 Å². The van der Waals surface area contributed by atoms with E-state index in [9.17, 15) is 0 Å². The molecule has 1 heterocycles. The van der Waals surface area contributed by atoms with E-state index in [1.54, 1.807) is 0 Å². The van der Waals surface area contributed by atoms with Crippen molar-refractivity contribution < 1.29 is 9.15 Å². The molecule has 96 valence electrons. The van der Waals surface area contributed by atoms with E-state index < -0.39 is 0 Å². The molecule has 1 aliphatic carbocycles. The summed E-state index contributed by atoms with van der Waals surface area (Å²) in [5.74, 6) is 1.36. The molecule has 1 fully saturated rings. The zero-order chi connectivity index (χ0) is 12.4. The highest BCUT2D eigenvalue weighted by molar-refractivity contribution is 5.76. The van der Waals surface area contributed by atoms with Gasteiger partial charge in [-0.2, -0.15) is 0 Å². The van der Waals surface area contributed by atoms with Crippen molar-refractivity contribution in [1.29, 1.82) is 0 Å². The zero-order valence-electron chi connectivity index (χ0n) is 10.4. The maximum atomic E-state index is 5.70. The second kappa shape index (κ2) is 4.98. The molecular formula is C14H18N2O2. The van der Waals surface area contributed by atoms with Gasteiger partial charge < -0.3 is 14.9 Å². The third-order valence-electron chi connectivity index (χ3n) is 3.51. The Morgan fingerprint density at radius 1 is 1.33 bits per heavy atom. The number of ether oxygens (including phenoxy) is 1. The van der Waals surface area contributed by atoms with Crippen LogP contribution < -0.4 is 5.73 Å². The van der Waals surface area contributed by atoms with Gasteiger partial charge in [-0.05, 0) is 37.0 Å². The van der Waals surface area contributed by atoms with Gasteiger partial charge in [0.05, 0.1) is 6.61 Å². The first-order valence-electron chi connectivity index (χ1n) is 6.54. The van der Waals surface area contributed by atoms with Crippen LogP contribution in [-0.4, -0.2) is 11.6 Å². The average Bonchev–Trinajstić information content (AvgIpc) is 2.97. The largest absolute Gasteiger partial charge is 0.438 e. The van der Waals surface area contributed by atoms with Gasteiger partial charge in [0, 0.05) is 5.69 Å². The summed E-state index contributed by atoms with van der Waals surface area (Å²) >= 11 is 0. The second-order valence-electron chi connectivity index (χ2n) is 5.00. The molecule has 1 aromatic heterocycles. The topological polar surface area (TPSA) is 61.3 Å². The van der Waals surface area contributed by atoms with Gasteiger partial charge in [-0.3, -0.25) is 0 Å². The van der Waals surface area contributed by atoms with Crippen molar-refractivity contribution in [3.8, 4) is 0 Å². The van der Waals surface area contributed by atoms with E-state index >= 15 is 0 Å². The molecule has 2 N–H and O–H groups in total. The molecule has 1 saturated carbocycles. The van der Waals surface area contributed by atoms with E-state index in [0.717, 1.165) is 23.6 Å². The highest BCUT2D eigenvalue weighted by atomic mass is 16.5. The van der Waals surface area contributed by atoms with Gasteiger partial charge in [0.15, 0.2) is 5.58 Å². The molecular weight excluding hydrogens is 228 g/mol. The van der Waals surface area contributed by atoms with E-state index in [4.69, 9.17) is 14.9 Å². The number of nitrogens with zero attached hydrogens (tertiary/aromatic N) is 1. The van der Waals surface area contributed by atoms with Crippen LogP contribution in [0.4, 0.5) is 5.69 Å². The Kier molecular flexibility index (Phi) is 3.19. The quantitative estimate of drug-likeness (QED) is 0.842. The van der Waals surface area contributed by atoms with E-state index in [2.05, 4.69) is 4.98 Å². The minimum Gasteiger partial charge on any atom is -0.438 e. The number of benzene rings is 1. The summed E-state index contributed by atoms with van der Waals surface area (Å²) in [6, 6.07) is 5.48. The fourth-order valence-electron chi connectivity index (χ4n) is 2.54. The number of rotatable bonds is 4. The lowest BCUT2D eigenvalue weighted by molar-refractivity contribution is 0.0752. The van der Waals surface area contributed by atoms with E-state index in [1.807, 2.05) is 18.2 Å². The molecule has 4 heteroatoms. The van der Waals surface area contributed by atoms with Crippen molar-refractivity contribution in [2.45, 2.75) is 32.3 Å². The Hall–Kier alpha value is -1.55. The first kappa shape index (κ1) is 11.5. The minimum atomic E-state index is 0.449. The number of hydrogen-bond acceptors (Lipinski definition) is 4. The average molecular weight is 246 g/mol. The van der Waals surface area contributed by atoms with Crippen LogP contribution in [0.15, 0.2) is 22.6 Å². The van der Waals surface area contributed by atoms with Crippen LogP contribution >= 0.6 is 0 Å². The summed E-state index contributed by atoms with van der Waals surface area (Å²) in [6.07, 6.45) is 5.28. The molecule has 1 aliphatic rings. The summed E-state index contributed by atoms with van der Waals surface area (Å²) in [5.41, 5.74) is 7.97. The molecule has 0 atom stereocenters. The van der Waals surface area contributed by atoms with Gasteiger partial charge in [0.25, 0.3) is 0 Å². The summed E-state index contributed by atoms with van der Waals surface area (Å²) in [5, 5.41) is 0. The van der Waals surface area contributed by atoms with Crippen molar-refractivity contribution in [3.05, 3.63) is 24.1 Å². The van der Waals surface area contributed by atoms with E-state index in [1.165, 1.54) is 25.7 Å². The molecule has 2 aromatic rings. The molecule has 0 radical (unpaired) electrons. The number of aromatic nitrogens is 1. The van der Waals surface area contributed by atoms with Crippen molar-refractivity contribution in [1.82, 2.24) is 4.98 Å². The summed E-state index contributed by atoms with van der Waals surface area (Å²) in [7, 11) is 0. The number of nitrogen functional groups attached to an aromatic ring is 1. The Morgan fingerprint density at radius 3 is 3.00 bits per heavy atom. The number of anilines is 1. The Labute approximate surface area is 106 Å². The van der Waals surface area contributed by atoms with Crippen LogP contribution in [-0.2, 0) is 11.3 Å². The Balaban J connectivity index is 1.60. The molecule has 18 heavy (non-hydrogen) atoms. The second-order valence-corrected chi connectivity index (χ2v) is 5.00. The molecule has 4 nitrogen and oxygen atoms in total. The highest BCUT2D eigenvalue weighted by Crippen LogP contribution is 2.25. The standard InChI is InChI=1S/C14H18N2O2/c15-11-5-6-13-12(7-11)16-14(18-13)9-17-8-10-3-1-2-4-10/h5-7,10H,1-4,8-9,15H2. The van der Waals surface area contributed by atoms with Crippen LogP contribution in [0.1, 0.15) is 31.6 Å². The number of nitrogens with two attached hydrogens (primary N) is 1. The van der Waals surface area contributed by atoms with E-state index in [-0.39, 0.29) is 0 Å². The molecule has 1 aromatic carbocycles. The lowest BCUT2D eigenvalue weighted by Crippen LogP contribution is -2.05. The van der Waals surface area contributed by atoms with Crippen LogP contribution in [0, 0.1) is 5.92 Å². The molecule has 0 bridgehead atoms. The van der Waals surface area contributed by atoms with Crippen molar-refractivity contribution in [3.63, 3.8) is 0 Å². The Bertz CT molecular complexity index is 530. The SMILES string of the molecule is Nc1ccc2oc(COCC3CCCC3)nc2c1. The van der Waals surface area contributed by atoms with Gasteiger partial charge in [0.1, 0.15) is 12.1 Å². The number of hydrogen-bond donors (Lipinski definition) is 1. The zero-order valence-corrected chi connectivity index (χ0v) is 10.4. The fourth-order valence-corrected chi connectivity index (χ4v) is 2.54. The molecule has 0 unspecified atom stereocenters. The third-order valence-corrected chi connectivity index (χ3v) is 3.51. The van der Waals surface area contributed by atoms with Crippen molar-refractivity contribution in [2.24, 2.45) is 5.92 Å². The molecule has 0 saturated heterocycles. The predicted molar refractivity (Wildman–Crippen MR) is 70.0 cm³/mol. The normalized spacial score (nSPS) is 16.7. The number of fused-ring (bicyclic) bond motifs is 1. The Morgan fingerprint density at radius 2 is 2.17 bits per heavy atom.